The van der Waals surface area contributed by atoms with E-state index in [1.54, 1.807) is 18.2 Å². The van der Waals surface area contributed by atoms with E-state index in [0.717, 1.165) is 38.1 Å². The number of nitrogens with one attached hydrogen (secondary N) is 3. The second-order valence-corrected chi connectivity index (χ2v) is 8.59. The molecule has 0 saturated carbocycles. The van der Waals surface area contributed by atoms with Crippen molar-refractivity contribution in [2.75, 3.05) is 28.6 Å². The first-order valence-electron chi connectivity index (χ1n) is 10.5. The molecule has 0 atom stereocenters. The third-order valence-corrected chi connectivity index (χ3v) is 6.04. The minimum atomic E-state index is -4.41. The van der Waals surface area contributed by atoms with Crippen molar-refractivity contribution >= 4 is 63.5 Å². The molecule has 2 aromatic heterocycles. The number of alkyl halides is 3. The molecule has 0 radical (unpaired) electrons. The fourth-order valence-electron chi connectivity index (χ4n) is 3.71. The number of rotatable bonds is 5. The maximum atomic E-state index is 12.9. The van der Waals surface area contributed by atoms with Gasteiger partial charge in [-0.15, -0.1) is 0 Å². The molecular weight excluding hydrogens is 490 g/mol. The minimum absolute atomic E-state index is 0.341. The predicted octanol–water partition coefficient (Wildman–Crippen LogP) is 6.77. The first kappa shape index (κ1) is 22.5. The van der Waals surface area contributed by atoms with Gasteiger partial charge in [-0.25, -0.2) is 0 Å². The third kappa shape index (κ3) is 4.55. The van der Waals surface area contributed by atoms with Crippen LogP contribution in [0.3, 0.4) is 0 Å². The summed E-state index contributed by atoms with van der Waals surface area (Å²) in [6, 6.07) is 9.86. The molecule has 4 aromatic rings. The smallest absolute Gasteiger partial charge is 0.341 e. The highest BCUT2D eigenvalue weighted by Crippen LogP contribution is 2.34. The van der Waals surface area contributed by atoms with Crippen LogP contribution in [0.5, 0.6) is 0 Å². The van der Waals surface area contributed by atoms with E-state index in [4.69, 9.17) is 23.2 Å². The molecule has 2 aromatic carbocycles. The molecule has 176 valence electrons. The number of nitrogens with zero attached hydrogens (tertiary/aromatic N) is 4. The van der Waals surface area contributed by atoms with Crippen LogP contribution in [0.1, 0.15) is 18.4 Å². The van der Waals surface area contributed by atoms with Gasteiger partial charge in [0, 0.05) is 18.8 Å². The Morgan fingerprint density at radius 2 is 1.56 bits per heavy atom. The van der Waals surface area contributed by atoms with E-state index >= 15 is 0 Å². The van der Waals surface area contributed by atoms with E-state index in [9.17, 15) is 13.2 Å². The molecule has 0 bridgehead atoms. The molecule has 1 aliphatic rings. The van der Waals surface area contributed by atoms with Crippen molar-refractivity contribution in [1.82, 2.24) is 19.9 Å². The van der Waals surface area contributed by atoms with Crippen molar-refractivity contribution in [2.45, 2.75) is 19.0 Å². The molecule has 0 amide bonds. The molecule has 3 heterocycles. The number of aromatic amines is 1. The Morgan fingerprint density at radius 3 is 2.21 bits per heavy atom. The summed E-state index contributed by atoms with van der Waals surface area (Å²) in [4.78, 5) is 18.9. The predicted molar refractivity (Wildman–Crippen MR) is 128 cm³/mol. The van der Waals surface area contributed by atoms with Crippen LogP contribution in [0.25, 0.3) is 11.2 Å². The van der Waals surface area contributed by atoms with E-state index < -0.39 is 11.7 Å². The molecule has 0 spiro atoms. The summed E-state index contributed by atoms with van der Waals surface area (Å²) in [5.41, 5.74) is 1.06. The van der Waals surface area contributed by atoms with Crippen LogP contribution in [-0.4, -0.2) is 33.0 Å². The Hall–Kier alpha value is -3.24. The Morgan fingerprint density at radius 1 is 0.882 bits per heavy atom. The number of benzene rings is 2. The highest BCUT2D eigenvalue weighted by atomic mass is 35.5. The zero-order valence-electron chi connectivity index (χ0n) is 17.5. The first-order valence-corrected chi connectivity index (χ1v) is 11.2. The fourth-order valence-corrected chi connectivity index (χ4v) is 4.20. The van der Waals surface area contributed by atoms with E-state index in [1.165, 1.54) is 12.1 Å². The van der Waals surface area contributed by atoms with Gasteiger partial charge in [0.15, 0.2) is 11.5 Å². The molecule has 12 heteroatoms. The zero-order valence-corrected chi connectivity index (χ0v) is 19.1. The van der Waals surface area contributed by atoms with Gasteiger partial charge in [-0.2, -0.15) is 28.1 Å². The van der Waals surface area contributed by atoms with Crippen molar-refractivity contribution in [1.29, 1.82) is 0 Å². The lowest BCUT2D eigenvalue weighted by atomic mass is 10.2. The molecule has 0 aliphatic carbocycles. The SMILES string of the molecule is FC(F)(F)c1ccc(Nc2nc(N3CCCC3)nc3nc(Nc4c(Cl)cccc4Cl)[nH]c23)cc1. The molecule has 1 saturated heterocycles. The van der Waals surface area contributed by atoms with Crippen molar-refractivity contribution < 1.29 is 13.2 Å². The number of aromatic nitrogens is 4. The van der Waals surface area contributed by atoms with E-state index in [1.807, 2.05) is 4.90 Å². The molecule has 34 heavy (non-hydrogen) atoms. The van der Waals surface area contributed by atoms with E-state index in [0.29, 0.717) is 50.3 Å². The first-order chi connectivity index (χ1) is 16.3. The highest BCUT2D eigenvalue weighted by molar-refractivity contribution is 6.39. The number of H-pyrrole nitrogens is 1. The van der Waals surface area contributed by atoms with Crippen molar-refractivity contribution in [3.05, 3.63) is 58.1 Å². The number of fused-ring (bicyclic) bond motifs is 1. The number of para-hydroxylation sites is 1. The maximum Gasteiger partial charge on any atom is 0.416 e. The second-order valence-electron chi connectivity index (χ2n) is 7.77. The Labute approximate surface area is 202 Å². The van der Waals surface area contributed by atoms with Gasteiger partial charge in [-0.1, -0.05) is 29.3 Å². The lowest BCUT2D eigenvalue weighted by molar-refractivity contribution is -0.137. The lowest BCUT2D eigenvalue weighted by Crippen LogP contribution is -2.20. The third-order valence-electron chi connectivity index (χ3n) is 5.41. The van der Waals surface area contributed by atoms with Crippen LogP contribution in [0.15, 0.2) is 42.5 Å². The highest BCUT2D eigenvalue weighted by Gasteiger charge is 2.30. The van der Waals surface area contributed by atoms with Crippen LogP contribution in [0.4, 0.5) is 42.3 Å². The van der Waals surface area contributed by atoms with Crippen LogP contribution >= 0.6 is 23.2 Å². The normalized spacial score (nSPS) is 14.1. The lowest BCUT2D eigenvalue weighted by Gasteiger charge is -2.16. The summed E-state index contributed by atoms with van der Waals surface area (Å²) in [7, 11) is 0. The van der Waals surface area contributed by atoms with Gasteiger partial charge < -0.3 is 20.5 Å². The average Bonchev–Trinajstić information content (AvgIpc) is 3.46. The number of hydrogen-bond donors (Lipinski definition) is 3. The van der Waals surface area contributed by atoms with Gasteiger partial charge in [0.2, 0.25) is 11.9 Å². The summed E-state index contributed by atoms with van der Waals surface area (Å²) in [5.74, 6) is 1.22. The van der Waals surface area contributed by atoms with Gasteiger partial charge in [-0.05, 0) is 49.2 Å². The number of imidazole rings is 1. The van der Waals surface area contributed by atoms with Gasteiger partial charge in [-0.3, -0.25) is 0 Å². The molecule has 5 rings (SSSR count). The standard InChI is InChI=1S/C22H18Cl2F3N7/c23-14-4-3-5-15(24)16(14)29-20-30-17-18(28-13-8-6-12(7-9-13)22(25,26)27)32-21(33-19(17)31-20)34-10-1-2-11-34/h3-9H,1-2,10-11H2,(H3,28,29,30,31,32,33). The van der Waals surface area contributed by atoms with Crippen LogP contribution in [-0.2, 0) is 6.18 Å². The summed E-state index contributed by atoms with van der Waals surface area (Å²) in [5, 5.41) is 7.00. The van der Waals surface area contributed by atoms with Crippen molar-refractivity contribution in [2.24, 2.45) is 0 Å². The quantitative estimate of drug-likeness (QED) is 0.276. The van der Waals surface area contributed by atoms with E-state index in [-0.39, 0.29) is 0 Å². The van der Waals surface area contributed by atoms with Crippen LogP contribution < -0.4 is 15.5 Å². The maximum absolute atomic E-state index is 12.9. The van der Waals surface area contributed by atoms with Crippen molar-refractivity contribution in [3.8, 4) is 0 Å². The minimum Gasteiger partial charge on any atom is -0.341 e. The fraction of sp³-hybridized carbons (Fsp3) is 0.227. The van der Waals surface area contributed by atoms with Gasteiger partial charge in [0.25, 0.3) is 0 Å². The number of anilines is 5. The zero-order chi connectivity index (χ0) is 23.9. The number of hydrogen-bond acceptors (Lipinski definition) is 6. The Kier molecular flexibility index (Phi) is 5.86. The Bertz CT molecular complexity index is 1310. The van der Waals surface area contributed by atoms with Crippen molar-refractivity contribution in [3.63, 3.8) is 0 Å². The average molecular weight is 508 g/mol. The molecule has 7 nitrogen and oxygen atoms in total. The van der Waals surface area contributed by atoms with Crippen LogP contribution in [0.2, 0.25) is 10.0 Å². The summed E-state index contributed by atoms with van der Waals surface area (Å²) < 4.78 is 38.8. The van der Waals surface area contributed by atoms with Gasteiger partial charge in [0.1, 0.15) is 5.52 Å². The summed E-state index contributed by atoms with van der Waals surface area (Å²) >= 11 is 12.5. The summed E-state index contributed by atoms with van der Waals surface area (Å²) in [6.45, 7) is 1.63. The molecule has 1 aliphatic heterocycles. The largest absolute Gasteiger partial charge is 0.416 e. The van der Waals surface area contributed by atoms with Gasteiger partial charge in [0.05, 0.1) is 21.3 Å². The second kappa shape index (κ2) is 8.84. The summed E-state index contributed by atoms with van der Waals surface area (Å²) in [6.07, 6.45) is -2.35. The monoisotopic (exact) mass is 507 g/mol. The molecular formula is C22H18Cl2F3N7. The molecule has 0 unspecified atom stereocenters. The van der Waals surface area contributed by atoms with Crippen LogP contribution in [0, 0.1) is 0 Å². The Balaban J connectivity index is 1.53. The van der Waals surface area contributed by atoms with Gasteiger partial charge >= 0.3 is 6.18 Å². The van der Waals surface area contributed by atoms with E-state index in [2.05, 4.69) is 30.6 Å². The molecule has 3 N–H and O–H groups in total. The topological polar surface area (TPSA) is 81.8 Å². The molecule has 1 fully saturated rings. The number of halogens is 5.